The zero-order chi connectivity index (χ0) is 9.90. The summed E-state index contributed by atoms with van der Waals surface area (Å²) >= 11 is 5.55. The van der Waals surface area contributed by atoms with Gasteiger partial charge in [0.25, 0.3) is 0 Å². The van der Waals surface area contributed by atoms with Gasteiger partial charge in [-0.2, -0.15) is 8.78 Å². The highest BCUT2D eigenvalue weighted by atomic mass is 35.5. The Hall–Kier alpha value is -0.670. The summed E-state index contributed by atoms with van der Waals surface area (Å²) in [4.78, 5) is 0. The number of ether oxygens (including phenoxy) is 1. The second-order valence-electron chi connectivity index (χ2n) is 2.46. The summed E-state index contributed by atoms with van der Waals surface area (Å²) in [7, 11) is 0. The van der Waals surface area contributed by atoms with Gasteiger partial charge in [0.1, 0.15) is 0 Å². The predicted octanol–water partition coefficient (Wildman–Crippen LogP) is 3.43. The summed E-state index contributed by atoms with van der Waals surface area (Å²) < 4.78 is 30.3. The summed E-state index contributed by atoms with van der Waals surface area (Å²) in [6, 6.07) is 5.31. The molecule has 0 radical (unpaired) electrons. The molecule has 0 heterocycles. The lowest BCUT2D eigenvalue weighted by Gasteiger charge is -2.15. The maximum absolute atomic E-state index is 13.0. The molecule has 1 aromatic rings. The second-order valence-corrected chi connectivity index (χ2v) is 2.89. The molecule has 0 unspecified atom stereocenters. The molecule has 13 heavy (non-hydrogen) atoms. The number of halogens is 3. The number of hydrogen-bond acceptors (Lipinski definition) is 1. The van der Waals surface area contributed by atoms with Crippen molar-refractivity contribution >= 4 is 11.6 Å². The van der Waals surface area contributed by atoms with Crippen LogP contribution in [0.25, 0.3) is 0 Å². The number of rotatable bonds is 3. The van der Waals surface area contributed by atoms with Crippen molar-refractivity contribution in [3.05, 3.63) is 34.9 Å². The molecule has 0 atom stereocenters. The molecule has 0 saturated carbocycles. The molecule has 72 valence electrons. The number of alkyl halides is 2. The highest BCUT2D eigenvalue weighted by Gasteiger charge is 2.31. The van der Waals surface area contributed by atoms with E-state index in [2.05, 4.69) is 4.74 Å². The topological polar surface area (TPSA) is 9.23 Å². The molecular weight excluding hydrogens is 198 g/mol. The average molecular weight is 207 g/mol. The minimum absolute atomic E-state index is 0.0321. The lowest BCUT2D eigenvalue weighted by atomic mass is 10.2. The maximum Gasteiger partial charge on any atom is 0.383 e. The monoisotopic (exact) mass is 206 g/mol. The van der Waals surface area contributed by atoms with Crippen LogP contribution in [0.15, 0.2) is 24.3 Å². The van der Waals surface area contributed by atoms with E-state index in [1.807, 2.05) is 0 Å². The van der Waals surface area contributed by atoms with E-state index in [9.17, 15) is 8.78 Å². The lowest BCUT2D eigenvalue weighted by molar-refractivity contribution is -0.245. The van der Waals surface area contributed by atoms with Crippen LogP contribution in [-0.4, -0.2) is 6.61 Å². The van der Waals surface area contributed by atoms with Gasteiger partial charge in [-0.15, -0.1) is 0 Å². The van der Waals surface area contributed by atoms with Crippen LogP contribution in [0.5, 0.6) is 0 Å². The molecule has 0 N–H and O–H groups in total. The molecule has 0 fully saturated rings. The zero-order valence-corrected chi connectivity index (χ0v) is 7.81. The third kappa shape index (κ3) is 2.64. The van der Waals surface area contributed by atoms with Crippen LogP contribution in [0, 0.1) is 0 Å². The molecule has 0 saturated heterocycles. The van der Waals surface area contributed by atoms with Crippen molar-refractivity contribution in [2.45, 2.75) is 13.0 Å². The van der Waals surface area contributed by atoms with Crippen LogP contribution in [0.1, 0.15) is 12.5 Å². The Morgan fingerprint density at radius 2 is 1.85 bits per heavy atom. The zero-order valence-electron chi connectivity index (χ0n) is 7.06. The van der Waals surface area contributed by atoms with Crippen LogP contribution >= 0.6 is 11.6 Å². The summed E-state index contributed by atoms with van der Waals surface area (Å²) in [5, 5.41) is 0.427. The van der Waals surface area contributed by atoms with E-state index >= 15 is 0 Å². The van der Waals surface area contributed by atoms with E-state index in [1.165, 1.54) is 31.2 Å². The third-order valence-corrected chi connectivity index (χ3v) is 1.76. The van der Waals surface area contributed by atoms with Crippen molar-refractivity contribution in [3.8, 4) is 0 Å². The second kappa shape index (κ2) is 4.03. The molecule has 0 amide bonds. The summed E-state index contributed by atoms with van der Waals surface area (Å²) in [6.07, 6.45) is -3.22. The standard InChI is InChI=1S/C9H9ClF2O/c1-2-13-9(11,12)7-3-5-8(10)6-4-7/h3-6H,2H2,1H3. The minimum Gasteiger partial charge on any atom is -0.317 e. The van der Waals surface area contributed by atoms with Gasteiger partial charge in [0.2, 0.25) is 0 Å². The molecule has 0 aromatic heterocycles. The van der Waals surface area contributed by atoms with Crippen molar-refractivity contribution in [1.29, 1.82) is 0 Å². The number of hydrogen-bond donors (Lipinski definition) is 0. The maximum atomic E-state index is 13.0. The summed E-state index contributed by atoms with van der Waals surface area (Å²) in [5.74, 6) is 0. The van der Waals surface area contributed by atoms with E-state index in [4.69, 9.17) is 11.6 Å². The highest BCUT2D eigenvalue weighted by Crippen LogP contribution is 2.29. The molecule has 0 aliphatic heterocycles. The Balaban J connectivity index is 2.87. The van der Waals surface area contributed by atoms with E-state index in [-0.39, 0.29) is 12.2 Å². The van der Waals surface area contributed by atoms with Gasteiger partial charge in [0, 0.05) is 5.02 Å². The Kier molecular flexibility index (Phi) is 3.22. The van der Waals surface area contributed by atoms with Crippen molar-refractivity contribution in [2.75, 3.05) is 6.61 Å². The van der Waals surface area contributed by atoms with E-state index in [0.29, 0.717) is 5.02 Å². The average Bonchev–Trinajstić information content (AvgIpc) is 2.05. The van der Waals surface area contributed by atoms with Crippen molar-refractivity contribution in [2.24, 2.45) is 0 Å². The van der Waals surface area contributed by atoms with Crippen molar-refractivity contribution < 1.29 is 13.5 Å². The first-order valence-electron chi connectivity index (χ1n) is 3.84. The van der Waals surface area contributed by atoms with Crippen LogP contribution in [0.2, 0.25) is 5.02 Å². The summed E-state index contributed by atoms with van der Waals surface area (Å²) in [5.41, 5.74) is -0.182. The van der Waals surface area contributed by atoms with Gasteiger partial charge in [-0.3, -0.25) is 0 Å². The minimum atomic E-state index is -3.22. The van der Waals surface area contributed by atoms with Crippen molar-refractivity contribution in [1.82, 2.24) is 0 Å². The highest BCUT2D eigenvalue weighted by molar-refractivity contribution is 6.30. The lowest BCUT2D eigenvalue weighted by Crippen LogP contribution is -2.17. The Morgan fingerprint density at radius 3 is 2.31 bits per heavy atom. The fraction of sp³-hybridized carbons (Fsp3) is 0.333. The fourth-order valence-electron chi connectivity index (χ4n) is 0.909. The Morgan fingerprint density at radius 1 is 1.31 bits per heavy atom. The molecular formula is C9H9ClF2O. The van der Waals surface area contributed by atoms with Crippen LogP contribution in [0.4, 0.5) is 8.78 Å². The van der Waals surface area contributed by atoms with Gasteiger partial charge < -0.3 is 4.74 Å². The van der Waals surface area contributed by atoms with Gasteiger partial charge >= 0.3 is 6.11 Å². The van der Waals surface area contributed by atoms with E-state index in [0.717, 1.165) is 0 Å². The molecule has 1 nitrogen and oxygen atoms in total. The fourth-order valence-corrected chi connectivity index (χ4v) is 1.03. The molecule has 0 spiro atoms. The van der Waals surface area contributed by atoms with Gasteiger partial charge in [0.05, 0.1) is 12.2 Å². The molecule has 4 heteroatoms. The van der Waals surface area contributed by atoms with Crippen molar-refractivity contribution in [3.63, 3.8) is 0 Å². The molecule has 1 rings (SSSR count). The van der Waals surface area contributed by atoms with Gasteiger partial charge in [-0.1, -0.05) is 11.6 Å². The van der Waals surface area contributed by atoms with Gasteiger partial charge in [0.15, 0.2) is 0 Å². The predicted molar refractivity (Wildman–Crippen MR) is 47.0 cm³/mol. The SMILES string of the molecule is CCOC(F)(F)c1ccc(Cl)cc1. The smallest absolute Gasteiger partial charge is 0.317 e. The Bertz CT molecular complexity index is 271. The first-order valence-corrected chi connectivity index (χ1v) is 4.22. The van der Waals surface area contributed by atoms with Crippen LogP contribution in [-0.2, 0) is 10.8 Å². The first kappa shape index (κ1) is 10.4. The van der Waals surface area contributed by atoms with E-state index < -0.39 is 6.11 Å². The Labute approximate surface area is 80.3 Å². The molecule has 0 bridgehead atoms. The van der Waals surface area contributed by atoms with Crippen LogP contribution in [0.3, 0.4) is 0 Å². The number of benzene rings is 1. The first-order chi connectivity index (χ1) is 6.06. The quantitative estimate of drug-likeness (QED) is 0.736. The van der Waals surface area contributed by atoms with E-state index in [1.54, 1.807) is 0 Å². The third-order valence-electron chi connectivity index (χ3n) is 1.51. The summed E-state index contributed by atoms with van der Waals surface area (Å²) in [6.45, 7) is 1.49. The van der Waals surface area contributed by atoms with Crippen LogP contribution < -0.4 is 0 Å². The van der Waals surface area contributed by atoms with Gasteiger partial charge in [-0.25, -0.2) is 0 Å². The largest absolute Gasteiger partial charge is 0.383 e. The van der Waals surface area contributed by atoms with Gasteiger partial charge in [-0.05, 0) is 31.2 Å². The molecule has 0 aliphatic carbocycles. The molecule has 1 aromatic carbocycles. The molecule has 0 aliphatic rings. The normalized spacial score (nSPS) is 11.7.